The van der Waals surface area contributed by atoms with Gasteiger partial charge < -0.3 is 10.1 Å². The maximum absolute atomic E-state index is 12.8. The van der Waals surface area contributed by atoms with Crippen LogP contribution in [0.25, 0.3) is 0 Å². The summed E-state index contributed by atoms with van der Waals surface area (Å²) >= 11 is 5.93. The van der Waals surface area contributed by atoms with Crippen molar-refractivity contribution in [3.05, 3.63) is 76.6 Å². The molecule has 31 heavy (non-hydrogen) atoms. The van der Waals surface area contributed by atoms with Crippen molar-refractivity contribution < 1.29 is 9.53 Å². The molecule has 0 radical (unpaired) electrons. The fourth-order valence-electron chi connectivity index (χ4n) is 2.99. The van der Waals surface area contributed by atoms with E-state index in [1.165, 1.54) is 0 Å². The molecule has 3 rings (SSSR count). The van der Waals surface area contributed by atoms with Gasteiger partial charge in [0.25, 0.3) is 5.91 Å². The number of para-hydroxylation sites is 2. The van der Waals surface area contributed by atoms with E-state index in [-0.39, 0.29) is 5.91 Å². The molecule has 0 saturated heterocycles. The predicted molar refractivity (Wildman–Crippen MR) is 124 cm³/mol. The fraction of sp³-hybridized carbons (Fsp3) is 0.261. The van der Waals surface area contributed by atoms with Crippen LogP contribution in [-0.2, 0) is 13.1 Å². The van der Waals surface area contributed by atoms with Gasteiger partial charge in [0.15, 0.2) is 0 Å². The minimum atomic E-state index is -0.295. The van der Waals surface area contributed by atoms with E-state index in [2.05, 4.69) is 27.6 Å². The second-order valence-corrected chi connectivity index (χ2v) is 7.39. The number of aromatic nitrogens is 2. The van der Waals surface area contributed by atoms with Gasteiger partial charge >= 0.3 is 0 Å². The third kappa shape index (κ3) is 6.08. The van der Waals surface area contributed by atoms with Gasteiger partial charge in [-0.05, 0) is 49.7 Å². The lowest BCUT2D eigenvalue weighted by atomic mass is 10.2. The van der Waals surface area contributed by atoms with Gasteiger partial charge in [-0.25, -0.2) is 4.99 Å². The van der Waals surface area contributed by atoms with Gasteiger partial charge in [0.2, 0.25) is 5.96 Å². The zero-order valence-corrected chi connectivity index (χ0v) is 18.6. The van der Waals surface area contributed by atoms with Crippen molar-refractivity contribution in [1.29, 1.82) is 0 Å². The van der Waals surface area contributed by atoms with Gasteiger partial charge in [0, 0.05) is 28.9 Å². The summed E-state index contributed by atoms with van der Waals surface area (Å²) in [6, 6.07) is 14.1. The summed E-state index contributed by atoms with van der Waals surface area (Å²) in [5, 5.41) is 11.1. The summed E-state index contributed by atoms with van der Waals surface area (Å²) in [5.41, 5.74) is 3.08. The first-order chi connectivity index (χ1) is 15.0. The highest BCUT2D eigenvalue weighted by molar-refractivity contribution is 6.30. The summed E-state index contributed by atoms with van der Waals surface area (Å²) in [7, 11) is 1.59. The molecule has 0 unspecified atom stereocenters. The summed E-state index contributed by atoms with van der Waals surface area (Å²) < 4.78 is 7.32. The molecule has 0 spiro atoms. The number of carbonyl (C=O) groups is 1. The van der Waals surface area contributed by atoms with Gasteiger partial charge in [0.05, 0.1) is 25.0 Å². The van der Waals surface area contributed by atoms with Gasteiger partial charge in [-0.3, -0.25) is 14.8 Å². The highest BCUT2D eigenvalue weighted by Gasteiger charge is 2.12. The number of anilines is 1. The third-order valence-electron chi connectivity index (χ3n) is 4.61. The first-order valence-corrected chi connectivity index (χ1v) is 10.4. The molecule has 0 bridgehead atoms. The maximum Gasteiger partial charge on any atom is 0.257 e. The van der Waals surface area contributed by atoms with Crippen LogP contribution in [0.3, 0.4) is 0 Å². The van der Waals surface area contributed by atoms with Crippen molar-refractivity contribution in [1.82, 2.24) is 15.1 Å². The number of amides is 1. The number of rotatable bonds is 7. The van der Waals surface area contributed by atoms with E-state index >= 15 is 0 Å². The van der Waals surface area contributed by atoms with Crippen LogP contribution in [0.5, 0.6) is 5.75 Å². The number of benzene rings is 2. The smallest absolute Gasteiger partial charge is 0.257 e. The van der Waals surface area contributed by atoms with E-state index in [1.807, 2.05) is 42.1 Å². The van der Waals surface area contributed by atoms with E-state index in [0.717, 1.165) is 24.2 Å². The average molecular weight is 440 g/mol. The molecule has 0 aliphatic carbocycles. The molecule has 8 heteroatoms. The fourth-order valence-corrected chi connectivity index (χ4v) is 3.11. The lowest BCUT2D eigenvalue weighted by Gasteiger charge is -2.14. The Morgan fingerprint density at radius 3 is 2.65 bits per heavy atom. The average Bonchev–Trinajstić information content (AvgIpc) is 3.12. The zero-order chi connectivity index (χ0) is 22.2. The normalized spacial score (nSPS) is 11.3. The maximum atomic E-state index is 12.8. The Kier molecular flexibility index (Phi) is 7.67. The standard InChI is InChI=1S/C23H26ClN5O2/c1-4-13-29-15-18(16(2)28-29)14-25-23(26-20-7-5-6-8-21(20)31-3)27-22(30)17-9-11-19(24)12-10-17/h5-12,15H,4,13-14H2,1-3H3,(H2,25,26,27,30). The molecule has 1 amide bonds. The van der Waals surface area contributed by atoms with Crippen molar-refractivity contribution >= 4 is 29.2 Å². The molecule has 2 N–H and O–H groups in total. The van der Waals surface area contributed by atoms with Gasteiger partial charge in [-0.1, -0.05) is 30.7 Å². The third-order valence-corrected chi connectivity index (χ3v) is 4.86. The lowest BCUT2D eigenvalue weighted by Crippen LogP contribution is -2.36. The minimum Gasteiger partial charge on any atom is -0.495 e. The number of carbonyl (C=O) groups excluding carboxylic acids is 1. The molecule has 3 aromatic rings. The topological polar surface area (TPSA) is 80.5 Å². The van der Waals surface area contributed by atoms with E-state index in [0.29, 0.717) is 34.5 Å². The molecule has 0 atom stereocenters. The Morgan fingerprint density at radius 2 is 1.94 bits per heavy atom. The highest BCUT2D eigenvalue weighted by Crippen LogP contribution is 2.23. The number of aliphatic imine (C=N–C) groups is 1. The molecule has 162 valence electrons. The van der Waals surface area contributed by atoms with E-state index in [9.17, 15) is 4.79 Å². The van der Waals surface area contributed by atoms with Crippen LogP contribution >= 0.6 is 11.6 Å². The van der Waals surface area contributed by atoms with Crippen LogP contribution < -0.4 is 15.4 Å². The SMILES string of the molecule is CCCn1cc(CN=C(NC(=O)c2ccc(Cl)cc2)Nc2ccccc2OC)c(C)n1. The molecule has 0 aliphatic rings. The number of nitrogens with zero attached hydrogens (tertiary/aromatic N) is 3. The number of ether oxygens (including phenoxy) is 1. The number of hydrogen-bond acceptors (Lipinski definition) is 4. The number of guanidine groups is 1. The number of nitrogens with one attached hydrogen (secondary N) is 2. The Bertz CT molecular complexity index is 1060. The van der Waals surface area contributed by atoms with Gasteiger partial charge in [0.1, 0.15) is 5.75 Å². The molecular weight excluding hydrogens is 414 g/mol. The lowest BCUT2D eigenvalue weighted by molar-refractivity contribution is 0.0977. The largest absolute Gasteiger partial charge is 0.495 e. The number of halogens is 1. The number of aryl methyl sites for hydroxylation is 2. The monoisotopic (exact) mass is 439 g/mol. The number of hydrogen-bond donors (Lipinski definition) is 2. The van der Waals surface area contributed by atoms with Crippen LogP contribution in [0.2, 0.25) is 5.02 Å². The van der Waals surface area contributed by atoms with Gasteiger partial charge in [-0.2, -0.15) is 5.10 Å². The molecule has 0 saturated carbocycles. The highest BCUT2D eigenvalue weighted by atomic mass is 35.5. The summed E-state index contributed by atoms with van der Waals surface area (Å²) in [6.07, 6.45) is 2.99. The first kappa shape index (κ1) is 22.4. The molecule has 1 aromatic heterocycles. The van der Waals surface area contributed by atoms with E-state index in [1.54, 1.807) is 31.4 Å². The summed E-state index contributed by atoms with van der Waals surface area (Å²) in [5.74, 6) is 0.659. The van der Waals surface area contributed by atoms with Crippen molar-refractivity contribution in [2.75, 3.05) is 12.4 Å². The van der Waals surface area contributed by atoms with Crippen molar-refractivity contribution in [2.24, 2.45) is 4.99 Å². The van der Waals surface area contributed by atoms with Crippen LogP contribution in [-0.4, -0.2) is 28.8 Å². The van der Waals surface area contributed by atoms with Crippen LogP contribution in [0.1, 0.15) is 35.0 Å². The summed E-state index contributed by atoms with van der Waals surface area (Å²) in [6.45, 7) is 5.28. The van der Waals surface area contributed by atoms with Crippen LogP contribution in [0, 0.1) is 6.92 Å². The molecule has 2 aromatic carbocycles. The van der Waals surface area contributed by atoms with Gasteiger partial charge in [-0.15, -0.1) is 0 Å². The van der Waals surface area contributed by atoms with Crippen LogP contribution in [0.15, 0.2) is 59.7 Å². The second kappa shape index (κ2) is 10.6. The Hall–Kier alpha value is -3.32. The second-order valence-electron chi connectivity index (χ2n) is 6.95. The predicted octanol–water partition coefficient (Wildman–Crippen LogP) is 4.66. The quantitative estimate of drug-likeness (QED) is 0.414. The summed E-state index contributed by atoms with van der Waals surface area (Å²) in [4.78, 5) is 17.4. The zero-order valence-electron chi connectivity index (χ0n) is 17.9. The molecule has 0 fully saturated rings. The Morgan fingerprint density at radius 1 is 1.19 bits per heavy atom. The molecular formula is C23H26ClN5O2. The van der Waals surface area contributed by atoms with E-state index < -0.39 is 0 Å². The molecule has 7 nitrogen and oxygen atoms in total. The number of methoxy groups -OCH3 is 1. The first-order valence-electron chi connectivity index (χ1n) is 10.0. The molecule has 0 aliphatic heterocycles. The van der Waals surface area contributed by atoms with Crippen molar-refractivity contribution in [3.8, 4) is 5.75 Å². The minimum absolute atomic E-state index is 0.295. The van der Waals surface area contributed by atoms with Crippen molar-refractivity contribution in [3.63, 3.8) is 0 Å². The van der Waals surface area contributed by atoms with E-state index in [4.69, 9.17) is 16.3 Å². The Labute approximate surface area is 187 Å². The van der Waals surface area contributed by atoms with Crippen molar-refractivity contribution in [2.45, 2.75) is 33.4 Å². The molecule has 1 heterocycles. The Balaban J connectivity index is 1.85. The van der Waals surface area contributed by atoms with Crippen LogP contribution in [0.4, 0.5) is 5.69 Å².